The Bertz CT molecular complexity index is 1110. The summed E-state index contributed by atoms with van der Waals surface area (Å²) in [4.78, 5) is 24.4. The molecule has 0 aromatic heterocycles. The van der Waals surface area contributed by atoms with Crippen molar-refractivity contribution in [3.05, 3.63) is 53.1 Å². The molecule has 33 heavy (non-hydrogen) atoms. The Balaban J connectivity index is 1.67. The summed E-state index contributed by atoms with van der Waals surface area (Å²) in [5.74, 6) is -0.690. The van der Waals surface area contributed by atoms with Gasteiger partial charge in [0.2, 0.25) is 10.0 Å². The monoisotopic (exact) mass is 495 g/mol. The normalized spacial score (nSPS) is 16.6. The van der Waals surface area contributed by atoms with Crippen LogP contribution in [-0.2, 0) is 14.8 Å². The SMILES string of the molecule is COc1ccc(C(=O)NNC(=O)COc2ccc(Cl)cc2)cc1S(=O)(=O)N1CCCC[C@H]1C. The molecular weight excluding hydrogens is 470 g/mol. The molecule has 1 saturated heterocycles. The van der Waals surface area contributed by atoms with E-state index in [4.69, 9.17) is 21.1 Å². The van der Waals surface area contributed by atoms with Gasteiger partial charge in [0.15, 0.2) is 6.61 Å². The van der Waals surface area contributed by atoms with E-state index in [0.29, 0.717) is 17.3 Å². The van der Waals surface area contributed by atoms with Crippen LogP contribution in [0.1, 0.15) is 36.5 Å². The topological polar surface area (TPSA) is 114 Å². The average Bonchev–Trinajstić information content (AvgIpc) is 2.81. The van der Waals surface area contributed by atoms with Crippen LogP contribution < -0.4 is 20.3 Å². The summed E-state index contributed by atoms with van der Waals surface area (Å²) in [5.41, 5.74) is 4.55. The lowest BCUT2D eigenvalue weighted by Gasteiger charge is -2.32. The van der Waals surface area contributed by atoms with Crippen molar-refractivity contribution in [2.24, 2.45) is 0 Å². The summed E-state index contributed by atoms with van der Waals surface area (Å²) >= 11 is 5.80. The number of ether oxygens (including phenoxy) is 2. The van der Waals surface area contributed by atoms with Crippen LogP contribution in [0.2, 0.25) is 5.02 Å². The highest BCUT2D eigenvalue weighted by Crippen LogP contribution is 2.31. The first-order valence-corrected chi connectivity index (χ1v) is 12.2. The maximum atomic E-state index is 13.3. The van der Waals surface area contributed by atoms with Crippen molar-refractivity contribution in [3.8, 4) is 11.5 Å². The van der Waals surface area contributed by atoms with Crippen molar-refractivity contribution < 1.29 is 27.5 Å². The second kappa shape index (κ2) is 10.9. The number of sulfonamides is 1. The maximum Gasteiger partial charge on any atom is 0.276 e. The van der Waals surface area contributed by atoms with Gasteiger partial charge in [-0.05, 0) is 62.2 Å². The van der Waals surface area contributed by atoms with Crippen LogP contribution in [-0.4, -0.2) is 50.8 Å². The van der Waals surface area contributed by atoms with Crippen LogP contribution in [0.15, 0.2) is 47.4 Å². The highest BCUT2D eigenvalue weighted by Gasteiger charge is 2.33. The van der Waals surface area contributed by atoms with Crippen molar-refractivity contribution in [2.45, 2.75) is 37.1 Å². The van der Waals surface area contributed by atoms with Gasteiger partial charge in [-0.2, -0.15) is 4.31 Å². The standard InChI is InChI=1S/C22H26ClN3O6S/c1-15-5-3-4-12-26(15)33(29,30)20-13-16(6-11-19(20)31-2)22(28)25-24-21(27)14-32-18-9-7-17(23)8-10-18/h6-11,13,15H,3-5,12,14H2,1-2H3,(H,24,27)(H,25,28)/t15-/m1/s1. The van der Waals surface area contributed by atoms with Crippen LogP contribution in [0.5, 0.6) is 11.5 Å². The predicted octanol–water partition coefficient (Wildman–Crippen LogP) is 2.75. The minimum atomic E-state index is -3.87. The molecular formula is C22H26ClN3O6S. The molecule has 3 rings (SSSR count). The molecule has 0 radical (unpaired) electrons. The number of carbonyl (C=O) groups excluding carboxylic acids is 2. The number of methoxy groups -OCH3 is 1. The third-order valence-corrected chi connectivity index (χ3v) is 7.54. The zero-order chi connectivity index (χ0) is 24.0. The van der Waals surface area contributed by atoms with E-state index in [1.165, 1.54) is 29.6 Å². The number of nitrogens with zero attached hydrogens (tertiary/aromatic N) is 1. The Labute approximate surface area is 198 Å². The fraction of sp³-hybridized carbons (Fsp3) is 0.364. The summed E-state index contributed by atoms with van der Waals surface area (Å²) in [6.07, 6.45) is 2.51. The lowest BCUT2D eigenvalue weighted by atomic mass is 10.1. The summed E-state index contributed by atoms with van der Waals surface area (Å²) in [6.45, 7) is 1.94. The highest BCUT2D eigenvalue weighted by atomic mass is 35.5. The molecule has 1 aliphatic heterocycles. The van der Waals surface area contributed by atoms with E-state index in [0.717, 1.165) is 19.3 Å². The van der Waals surface area contributed by atoms with Crippen LogP contribution in [0.4, 0.5) is 0 Å². The summed E-state index contributed by atoms with van der Waals surface area (Å²) in [5, 5.41) is 0.537. The van der Waals surface area contributed by atoms with E-state index >= 15 is 0 Å². The fourth-order valence-corrected chi connectivity index (χ4v) is 5.50. The van der Waals surface area contributed by atoms with E-state index in [9.17, 15) is 18.0 Å². The number of hydrogen-bond donors (Lipinski definition) is 2. The molecule has 0 bridgehead atoms. The van der Waals surface area contributed by atoms with E-state index in [1.807, 2.05) is 6.92 Å². The van der Waals surface area contributed by atoms with Crippen molar-refractivity contribution >= 4 is 33.4 Å². The molecule has 2 aromatic carbocycles. The minimum Gasteiger partial charge on any atom is -0.495 e. The molecule has 0 spiro atoms. The second-order valence-corrected chi connectivity index (χ2v) is 9.87. The van der Waals surface area contributed by atoms with Crippen LogP contribution in [0, 0.1) is 0 Å². The Kier molecular flexibility index (Phi) is 8.17. The quantitative estimate of drug-likeness (QED) is 0.571. The zero-order valence-electron chi connectivity index (χ0n) is 18.3. The van der Waals surface area contributed by atoms with Gasteiger partial charge in [0.05, 0.1) is 7.11 Å². The molecule has 0 aliphatic carbocycles. The van der Waals surface area contributed by atoms with Crippen molar-refractivity contribution in [1.82, 2.24) is 15.2 Å². The van der Waals surface area contributed by atoms with Gasteiger partial charge in [-0.3, -0.25) is 20.4 Å². The lowest BCUT2D eigenvalue weighted by Crippen LogP contribution is -2.44. The Morgan fingerprint density at radius 1 is 1.12 bits per heavy atom. The molecule has 1 heterocycles. The van der Waals surface area contributed by atoms with Gasteiger partial charge in [-0.15, -0.1) is 0 Å². The molecule has 0 saturated carbocycles. The number of benzene rings is 2. The molecule has 1 atom stereocenters. The van der Waals surface area contributed by atoms with Gasteiger partial charge in [0.1, 0.15) is 16.4 Å². The van der Waals surface area contributed by atoms with Crippen LogP contribution >= 0.6 is 11.6 Å². The second-order valence-electron chi connectivity index (χ2n) is 7.57. The summed E-state index contributed by atoms with van der Waals surface area (Å²) in [7, 11) is -2.50. The van der Waals surface area contributed by atoms with Crippen LogP contribution in [0.3, 0.4) is 0 Å². The number of hydrazine groups is 1. The Morgan fingerprint density at radius 2 is 1.85 bits per heavy atom. The van der Waals surface area contributed by atoms with Gasteiger partial charge in [-0.25, -0.2) is 8.42 Å². The largest absolute Gasteiger partial charge is 0.495 e. The van der Waals surface area contributed by atoms with Gasteiger partial charge in [0.25, 0.3) is 11.8 Å². The zero-order valence-corrected chi connectivity index (χ0v) is 19.9. The first kappa shape index (κ1) is 24.8. The number of rotatable bonds is 7. The van der Waals surface area contributed by atoms with Gasteiger partial charge in [-0.1, -0.05) is 18.0 Å². The van der Waals surface area contributed by atoms with Gasteiger partial charge in [0, 0.05) is 23.2 Å². The summed E-state index contributed by atoms with van der Waals surface area (Å²) in [6, 6.07) is 10.4. The predicted molar refractivity (Wildman–Crippen MR) is 123 cm³/mol. The molecule has 178 valence electrons. The lowest BCUT2D eigenvalue weighted by molar-refractivity contribution is -0.123. The Morgan fingerprint density at radius 3 is 2.52 bits per heavy atom. The molecule has 0 unspecified atom stereocenters. The number of halogens is 1. The smallest absolute Gasteiger partial charge is 0.276 e. The van der Waals surface area contributed by atoms with Crippen molar-refractivity contribution in [1.29, 1.82) is 0 Å². The minimum absolute atomic E-state index is 0.0537. The Hall–Kier alpha value is -2.82. The van der Waals surface area contributed by atoms with Crippen molar-refractivity contribution in [3.63, 3.8) is 0 Å². The molecule has 11 heteroatoms. The number of amides is 2. The van der Waals surface area contributed by atoms with Gasteiger partial charge < -0.3 is 9.47 Å². The summed E-state index contributed by atoms with van der Waals surface area (Å²) < 4.78 is 38.5. The number of nitrogens with one attached hydrogen (secondary N) is 2. The fourth-order valence-electron chi connectivity index (χ4n) is 3.49. The molecule has 2 N–H and O–H groups in total. The van der Waals surface area contributed by atoms with E-state index in [1.54, 1.807) is 24.3 Å². The molecule has 2 amide bonds. The molecule has 1 fully saturated rings. The molecule has 1 aliphatic rings. The number of hydrogen-bond acceptors (Lipinski definition) is 6. The molecule has 9 nitrogen and oxygen atoms in total. The van der Waals surface area contributed by atoms with E-state index in [2.05, 4.69) is 10.9 Å². The first-order chi connectivity index (χ1) is 15.7. The number of carbonyl (C=O) groups is 2. The van der Waals surface area contributed by atoms with E-state index < -0.39 is 21.8 Å². The van der Waals surface area contributed by atoms with Gasteiger partial charge >= 0.3 is 0 Å². The third-order valence-electron chi connectivity index (χ3n) is 5.25. The van der Waals surface area contributed by atoms with Crippen molar-refractivity contribution in [2.75, 3.05) is 20.3 Å². The third kappa shape index (κ3) is 6.16. The first-order valence-electron chi connectivity index (χ1n) is 10.4. The highest BCUT2D eigenvalue weighted by molar-refractivity contribution is 7.89. The van der Waals surface area contributed by atoms with Crippen LogP contribution in [0.25, 0.3) is 0 Å². The number of piperidine rings is 1. The molecule has 2 aromatic rings. The maximum absolute atomic E-state index is 13.3. The van der Waals surface area contributed by atoms with E-state index in [-0.39, 0.29) is 28.9 Å². The average molecular weight is 496 g/mol.